The molecular weight excluding hydrogens is 520 g/mol. The number of benzene rings is 1. The number of hydrogen-bond acceptors (Lipinski definition) is 8. The van der Waals surface area contributed by atoms with Crippen LogP contribution in [0.4, 0.5) is 26.1 Å². The Hall–Kier alpha value is -4.39. The van der Waals surface area contributed by atoms with Crippen LogP contribution in [-0.2, 0) is 6.54 Å². The van der Waals surface area contributed by atoms with Crippen LogP contribution in [-0.4, -0.2) is 73.2 Å². The van der Waals surface area contributed by atoms with Crippen molar-refractivity contribution in [1.29, 1.82) is 0 Å². The molecule has 1 fully saturated rings. The van der Waals surface area contributed by atoms with Gasteiger partial charge in [-0.05, 0) is 44.2 Å². The molecule has 0 aliphatic carbocycles. The standard InChI is InChI=1S/C27H31F2N9O2/c1-4-11-36-26(40)21-16-30-27(32-25(21)38(36)23-9-10-24(39)37(33-23)18(2)3)31-19-5-7-20(8-6-19)35-14-12-34(13-15-35)17-22(28)29/h4-10,16,18,22H,1,11-15,17H2,2-3H3,(H,30,31,32). The summed E-state index contributed by atoms with van der Waals surface area (Å²) in [5.41, 5.74) is 1.53. The van der Waals surface area contributed by atoms with Gasteiger partial charge in [0.05, 0.1) is 19.1 Å². The van der Waals surface area contributed by atoms with Crippen LogP contribution in [0.25, 0.3) is 16.9 Å². The summed E-state index contributed by atoms with van der Waals surface area (Å²) < 4.78 is 29.7. The van der Waals surface area contributed by atoms with Gasteiger partial charge in [-0.15, -0.1) is 11.7 Å². The summed E-state index contributed by atoms with van der Waals surface area (Å²) in [6.07, 6.45) is 0.747. The predicted molar refractivity (Wildman–Crippen MR) is 150 cm³/mol. The van der Waals surface area contributed by atoms with Gasteiger partial charge in [0.15, 0.2) is 11.5 Å². The molecule has 1 saturated heterocycles. The number of fused-ring (bicyclic) bond motifs is 1. The summed E-state index contributed by atoms with van der Waals surface area (Å²) in [7, 11) is 0. The molecule has 4 aromatic rings. The topological polar surface area (TPSA) is 106 Å². The smallest absolute Gasteiger partial charge is 0.278 e. The Morgan fingerprint density at radius 1 is 1.05 bits per heavy atom. The molecule has 40 heavy (non-hydrogen) atoms. The van der Waals surface area contributed by atoms with Crippen LogP contribution in [0.3, 0.4) is 0 Å². The molecule has 1 aliphatic rings. The number of nitrogens with one attached hydrogen (secondary N) is 1. The maximum Gasteiger partial charge on any atom is 0.278 e. The summed E-state index contributed by atoms with van der Waals surface area (Å²) >= 11 is 0. The normalized spacial score (nSPS) is 14.4. The Labute approximate surface area is 229 Å². The van der Waals surface area contributed by atoms with Crippen molar-refractivity contribution in [2.24, 2.45) is 0 Å². The molecule has 1 N–H and O–H groups in total. The first kappa shape index (κ1) is 27.2. The largest absolute Gasteiger partial charge is 0.369 e. The molecule has 4 heterocycles. The minimum absolute atomic E-state index is 0.176. The number of hydrogen-bond donors (Lipinski definition) is 1. The number of allylic oxidation sites excluding steroid dienone is 1. The minimum atomic E-state index is -2.32. The van der Waals surface area contributed by atoms with Crippen molar-refractivity contribution < 1.29 is 8.78 Å². The third-order valence-electron chi connectivity index (χ3n) is 6.75. The lowest BCUT2D eigenvalue weighted by molar-refractivity contribution is 0.0854. The Balaban J connectivity index is 1.42. The number of alkyl halides is 2. The van der Waals surface area contributed by atoms with Gasteiger partial charge in [0.1, 0.15) is 5.39 Å². The highest BCUT2D eigenvalue weighted by Crippen LogP contribution is 2.22. The molecule has 1 aromatic carbocycles. The Bertz CT molecular complexity index is 1620. The van der Waals surface area contributed by atoms with E-state index in [2.05, 4.69) is 31.9 Å². The van der Waals surface area contributed by atoms with E-state index < -0.39 is 6.43 Å². The second kappa shape index (κ2) is 11.4. The molecule has 0 bridgehead atoms. The van der Waals surface area contributed by atoms with Crippen molar-refractivity contribution in [3.63, 3.8) is 0 Å². The summed E-state index contributed by atoms with van der Waals surface area (Å²) in [6, 6.07) is 10.5. The van der Waals surface area contributed by atoms with Crippen molar-refractivity contribution >= 4 is 28.4 Å². The molecular formula is C27H31F2N9O2. The van der Waals surface area contributed by atoms with Crippen molar-refractivity contribution in [3.05, 3.63) is 76.0 Å². The SMILES string of the molecule is C=CCn1c(=O)c2cnc(Nc3ccc(N4CCN(CC(F)F)CC4)cc3)nc2n1-c1ccc(=O)n(C(C)C)n1. The molecule has 0 spiro atoms. The summed E-state index contributed by atoms with van der Waals surface area (Å²) in [5, 5.41) is 7.97. The van der Waals surface area contributed by atoms with E-state index in [9.17, 15) is 18.4 Å². The van der Waals surface area contributed by atoms with Gasteiger partial charge in [-0.25, -0.2) is 27.8 Å². The summed E-state index contributed by atoms with van der Waals surface area (Å²) in [5.74, 6) is 0.646. The monoisotopic (exact) mass is 551 g/mol. The molecule has 0 atom stereocenters. The Kier molecular flexibility index (Phi) is 7.74. The van der Waals surface area contributed by atoms with Gasteiger partial charge in [0.25, 0.3) is 17.5 Å². The van der Waals surface area contributed by atoms with E-state index in [0.717, 1.165) is 11.4 Å². The van der Waals surface area contributed by atoms with Crippen LogP contribution in [0.1, 0.15) is 19.9 Å². The summed E-state index contributed by atoms with van der Waals surface area (Å²) in [4.78, 5) is 38.4. The molecule has 0 saturated carbocycles. The van der Waals surface area contributed by atoms with E-state index in [0.29, 0.717) is 43.0 Å². The second-order valence-electron chi connectivity index (χ2n) is 9.84. The third-order valence-corrected chi connectivity index (χ3v) is 6.75. The van der Waals surface area contributed by atoms with E-state index in [1.807, 2.05) is 38.1 Å². The summed E-state index contributed by atoms with van der Waals surface area (Å²) in [6.45, 7) is 10.0. The highest BCUT2D eigenvalue weighted by Gasteiger charge is 2.21. The molecule has 5 rings (SSSR count). The minimum Gasteiger partial charge on any atom is -0.369 e. The van der Waals surface area contributed by atoms with E-state index in [4.69, 9.17) is 0 Å². The molecule has 0 amide bonds. The zero-order chi connectivity index (χ0) is 28.4. The highest BCUT2D eigenvalue weighted by atomic mass is 19.3. The number of halogens is 2. The predicted octanol–water partition coefficient (Wildman–Crippen LogP) is 3.04. The van der Waals surface area contributed by atoms with E-state index >= 15 is 0 Å². The van der Waals surface area contributed by atoms with Gasteiger partial charge in [-0.1, -0.05) is 6.08 Å². The number of piperazine rings is 1. The van der Waals surface area contributed by atoms with E-state index in [-0.39, 0.29) is 36.2 Å². The zero-order valence-electron chi connectivity index (χ0n) is 22.4. The first-order valence-corrected chi connectivity index (χ1v) is 13.1. The van der Waals surface area contributed by atoms with Gasteiger partial charge in [-0.3, -0.25) is 14.5 Å². The van der Waals surface area contributed by atoms with Crippen molar-refractivity contribution in [2.45, 2.75) is 32.9 Å². The van der Waals surface area contributed by atoms with Crippen LogP contribution in [0, 0.1) is 0 Å². The van der Waals surface area contributed by atoms with Crippen molar-refractivity contribution in [1.82, 2.24) is 34.0 Å². The van der Waals surface area contributed by atoms with E-state index in [1.165, 1.54) is 21.6 Å². The van der Waals surface area contributed by atoms with Crippen LogP contribution >= 0.6 is 0 Å². The lowest BCUT2D eigenvalue weighted by Gasteiger charge is -2.35. The highest BCUT2D eigenvalue weighted by molar-refractivity contribution is 5.77. The molecule has 1 aliphatic heterocycles. The van der Waals surface area contributed by atoms with Gasteiger partial charge in [-0.2, -0.15) is 4.98 Å². The molecule has 13 heteroatoms. The van der Waals surface area contributed by atoms with Crippen LogP contribution in [0.15, 0.2) is 64.8 Å². The maximum atomic E-state index is 13.2. The molecule has 0 radical (unpaired) electrons. The van der Waals surface area contributed by atoms with Gasteiger partial charge in [0.2, 0.25) is 5.95 Å². The zero-order valence-corrected chi connectivity index (χ0v) is 22.4. The van der Waals surface area contributed by atoms with Crippen molar-refractivity contribution in [2.75, 3.05) is 42.9 Å². The van der Waals surface area contributed by atoms with E-state index in [1.54, 1.807) is 21.7 Å². The Morgan fingerprint density at radius 3 is 2.42 bits per heavy atom. The quantitative estimate of drug-likeness (QED) is 0.317. The number of aromatic nitrogens is 6. The van der Waals surface area contributed by atoms with Gasteiger partial charge >= 0.3 is 0 Å². The fraction of sp³-hybridized carbons (Fsp3) is 0.370. The fourth-order valence-electron chi connectivity index (χ4n) is 4.78. The van der Waals surface area contributed by atoms with Crippen LogP contribution in [0.5, 0.6) is 0 Å². The molecule has 3 aromatic heterocycles. The van der Waals surface area contributed by atoms with Crippen LogP contribution < -0.4 is 21.3 Å². The number of rotatable bonds is 9. The fourth-order valence-corrected chi connectivity index (χ4v) is 4.78. The average Bonchev–Trinajstić information content (AvgIpc) is 3.20. The molecule has 0 unspecified atom stereocenters. The van der Waals surface area contributed by atoms with Crippen LogP contribution in [0.2, 0.25) is 0 Å². The molecule has 210 valence electrons. The molecule has 11 nitrogen and oxygen atoms in total. The lowest BCUT2D eigenvalue weighted by Crippen LogP contribution is -2.47. The lowest BCUT2D eigenvalue weighted by atomic mass is 10.2. The Morgan fingerprint density at radius 2 is 1.77 bits per heavy atom. The average molecular weight is 552 g/mol. The first-order valence-electron chi connectivity index (χ1n) is 13.1. The third kappa shape index (κ3) is 5.50. The second-order valence-corrected chi connectivity index (χ2v) is 9.84. The van der Waals surface area contributed by atoms with Gasteiger partial charge in [0, 0.05) is 49.8 Å². The first-order chi connectivity index (χ1) is 19.2. The maximum absolute atomic E-state index is 13.2. The number of nitrogens with zero attached hydrogens (tertiary/aromatic N) is 8. The number of anilines is 3. The van der Waals surface area contributed by atoms with Gasteiger partial charge < -0.3 is 10.2 Å². The van der Waals surface area contributed by atoms with Crippen molar-refractivity contribution in [3.8, 4) is 5.82 Å².